The number of aliphatic hydroxyl groups excluding tert-OH is 1. The van der Waals surface area contributed by atoms with Crippen molar-refractivity contribution in [3.05, 3.63) is 69.8 Å². The van der Waals surface area contributed by atoms with Crippen molar-refractivity contribution >= 4 is 41.3 Å². The third-order valence-electron chi connectivity index (χ3n) is 15.1. The quantitative estimate of drug-likeness (QED) is 0.157. The van der Waals surface area contributed by atoms with Crippen molar-refractivity contribution in [3.63, 3.8) is 0 Å². The van der Waals surface area contributed by atoms with E-state index in [1.54, 1.807) is 65.8 Å². The maximum atomic E-state index is 15.0. The van der Waals surface area contributed by atoms with Crippen LogP contribution >= 0.6 is 0 Å². The van der Waals surface area contributed by atoms with Gasteiger partial charge < -0.3 is 59.1 Å². The van der Waals surface area contributed by atoms with Gasteiger partial charge in [0.2, 0.25) is 5.78 Å². The van der Waals surface area contributed by atoms with E-state index in [0.717, 1.165) is 24.5 Å². The number of phenolic OH excluding ortho intramolecular Hbond substituents is 1. The van der Waals surface area contributed by atoms with Crippen LogP contribution in [0.25, 0.3) is 0 Å². The van der Waals surface area contributed by atoms with E-state index in [2.05, 4.69) is 34.7 Å². The summed E-state index contributed by atoms with van der Waals surface area (Å²) < 4.78 is 35.4. The third kappa shape index (κ3) is 12.7. The summed E-state index contributed by atoms with van der Waals surface area (Å²) in [6.45, 7) is 18.0. The Balaban J connectivity index is 1.42. The second-order valence-electron chi connectivity index (χ2n) is 21.9. The van der Waals surface area contributed by atoms with Crippen molar-refractivity contribution in [2.45, 2.75) is 124 Å². The first-order chi connectivity index (χ1) is 35.6. The van der Waals surface area contributed by atoms with Gasteiger partial charge in [-0.3, -0.25) is 43.8 Å². The predicted octanol–water partition coefficient (Wildman–Crippen LogP) is 3.57. The number of amides is 2. The molecule has 2 fully saturated rings. The molecular weight excluding hydrogens is 985 g/mol. The number of nitrogens with zero attached hydrogens (tertiary/aromatic N) is 3. The number of esters is 3. The maximum Gasteiger partial charge on any atom is 0.325 e. The van der Waals surface area contributed by atoms with Crippen molar-refractivity contribution in [3.8, 4) is 11.5 Å². The molecule has 2 amide bonds. The van der Waals surface area contributed by atoms with E-state index in [-0.39, 0.29) is 45.8 Å². The number of ketones is 2. The minimum Gasteiger partial charge on any atom is -0.507 e. The fraction of sp³-hybridized carbons (Fsp3) is 0.618. The van der Waals surface area contributed by atoms with Gasteiger partial charge >= 0.3 is 23.7 Å². The molecule has 1 unspecified atom stereocenters. The van der Waals surface area contributed by atoms with Crippen LogP contribution in [-0.2, 0) is 47.7 Å². The number of methoxy groups -OCH3 is 1. The molecule has 21 nitrogen and oxygen atoms in total. The topological polar surface area (TPSA) is 261 Å². The van der Waals surface area contributed by atoms with Crippen molar-refractivity contribution in [1.29, 1.82) is 0 Å². The number of allylic oxidation sites excluding steroid dienone is 3. The number of fused-ring (bicyclic) bond motifs is 3. The Labute approximate surface area is 445 Å². The fourth-order valence-electron chi connectivity index (χ4n) is 10.8. The highest BCUT2D eigenvalue weighted by molar-refractivity contribution is 6.19. The number of aromatic hydroxyl groups is 1. The number of carbonyl (C=O) groups is 7. The summed E-state index contributed by atoms with van der Waals surface area (Å²) in [5.41, 5.74) is -0.204. The number of Topliss-reactive ketones (excluding diaryl/α,β-unsaturated/α-hetero) is 2. The summed E-state index contributed by atoms with van der Waals surface area (Å²) in [6, 6.07) is -0.889. The zero-order valence-electron chi connectivity index (χ0n) is 46.4. The SMILES string of the molecule is CO[C@H]1/C=C/O[C@@]2(C)Oc3c(C)c(O)c4c(c3C2=O)C2NC3(CCN(CC(C)C)CC3)NC2=C(NC(=O)/C(C)=C\C=C\[C@H](C)[C@H](OC(=O)CN(C)C(=O)COC(=O)CN(C)C)[C@@H](C)[C@@H](O)[C@@H](C)[C@H](OC(C)=O)[C@@H]1C)C4=O. The number of hydrogen-bond donors (Lipinski definition) is 5. The number of piperidine rings is 1. The van der Waals surface area contributed by atoms with Crippen LogP contribution in [0.4, 0.5) is 0 Å². The molecule has 0 radical (unpaired) electrons. The Morgan fingerprint density at radius 2 is 1.58 bits per heavy atom. The predicted molar refractivity (Wildman–Crippen MR) is 277 cm³/mol. The lowest BCUT2D eigenvalue weighted by atomic mass is 9.78. The molecule has 0 saturated carbocycles. The number of phenols is 1. The van der Waals surface area contributed by atoms with E-state index in [1.165, 1.54) is 53.3 Å². The first kappa shape index (κ1) is 59.1. The van der Waals surface area contributed by atoms with Crippen LogP contribution in [0.5, 0.6) is 11.5 Å². The molecule has 2 saturated heterocycles. The van der Waals surface area contributed by atoms with Crippen LogP contribution in [0.3, 0.4) is 0 Å². The van der Waals surface area contributed by atoms with E-state index < -0.39 is 126 Å². The summed E-state index contributed by atoms with van der Waals surface area (Å²) >= 11 is 0. The molecule has 4 heterocycles. The normalized spacial score (nSPS) is 30.4. The van der Waals surface area contributed by atoms with Crippen molar-refractivity contribution in [1.82, 2.24) is 30.7 Å². The average molecular weight is 1060 g/mol. The maximum absolute atomic E-state index is 15.0. The molecule has 4 aliphatic heterocycles. The zero-order valence-corrected chi connectivity index (χ0v) is 46.4. The highest BCUT2D eigenvalue weighted by Crippen LogP contribution is 2.53. The number of likely N-dealkylation sites (tertiary alicyclic amines) is 1. The van der Waals surface area contributed by atoms with Gasteiger partial charge in [0.1, 0.15) is 35.9 Å². The van der Waals surface area contributed by atoms with Crippen LogP contribution < -0.4 is 20.7 Å². The van der Waals surface area contributed by atoms with Crippen LogP contribution in [0.1, 0.15) is 113 Å². The molecule has 1 aliphatic carbocycles. The number of hydrogen-bond acceptors (Lipinski definition) is 19. The van der Waals surface area contributed by atoms with Crippen LogP contribution in [-0.4, -0.2) is 170 Å². The molecule has 0 aromatic heterocycles. The van der Waals surface area contributed by atoms with Crippen molar-refractivity contribution in [2.75, 3.05) is 67.6 Å². The van der Waals surface area contributed by atoms with Gasteiger partial charge in [-0.25, -0.2) is 0 Å². The Bertz CT molecular complexity index is 2560. The molecule has 6 rings (SSSR count). The van der Waals surface area contributed by atoms with Crippen LogP contribution in [0.2, 0.25) is 0 Å². The van der Waals surface area contributed by atoms with Gasteiger partial charge in [0.05, 0.1) is 53.5 Å². The van der Waals surface area contributed by atoms with Crippen LogP contribution in [0, 0.1) is 36.5 Å². The number of rotatable bonds is 11. The Kier molecular flexibility index (Phi) is 18.7. The van der Waals surface area contributed by atoms with Gasteiger partial charge in [0, 0.05) is 88.0 Å². The Hall–Kier alpha value is -6.13. The Morgan fingerprint density at radius 3 is 2.20 bits per heavy atom. The monoisotopic (exact) mass is 1060 g/mol. The summed E-state index contributed by atoms with van der Waals surface area (Å²) in [6.07, 6.45) is 4.43. The van der Waals surface area contributed by atoms with Gasteiger partial charge in [-0.1, -0.05) is 59.8 Å². The van der Waals surface area contributed by atoms with Crippen molar-refractivity contribution < 1.29 is 72.2 Å². The molecule has 76 heavy (non-hydrogen) atoms. The molecule has 1 aromatic rings. The number of aliphatic hydroxyl groups is 1. The number of ether oxygens (including phenoxy) is 6. The minimum atomic E-state index is -2.01. The lowest BCUT2D eigenvalue weighted by molar-refractivity contribution is -0.167. The molecule has 5 aliphatic rings. The van der Waals surface area contributed by atoms with Gasteiger partial charge in [0.15, 0.2) is 6.61 Å². The molecule has 5 bridgehead atoms. The summed E-state index contributed by atoms with van der Waals surface area (Å²) in [7, 11) is 6.12. The molecule has 10 atom stereocenters. The highest BCUT2D eigenvalue weighted by atomic mass is 16.7. The zero-order chi connectivity index (χ0) is 56.3. The lowest BCUT2D eigenvalue weighted by Gasteiger charge is -2.40. The number of likely N-dealkylation sites (N-methyl/N-ethyl adjacent to an activating group) is 2. The second kappa shape index (κ2) is 24.0. The Morgan fingerprint density at radius 1 is 0.921 bits per heavy atom. The lowest BCUT2D eigenvalue weighted by Crippen LogP contribution is -2.56. The molecule has 418 valence electrons. The van der Waals surface area contributed by atoms with Gasteiger partial charge in [-0.15, -0.1) is 0 Å². The van der Waals surface area contributed by atoms with Crippen molar-refractivity contribution in [2.24, 2.45) is 29.6 Å². The highest BCUT2D eigenvalue weighted by Gasteiger charge is 2.56. The number of benzene rings is 1. The van der Waals surface area contributed by atoms with Gasteiger partial charge in [-0.05, 0) is 52.8 Å². The summed E-state index contributed by atoms with van der Waals surface area (Å²) in [5, 5.41) is 34.3. The van der Waals surface area contributed by atoms with E-state index >= 15 is 0 Å². The van der Waals surface area contributed by atoms with E-state index in [1.807, 2.05) is 0 Å². The average Bonchev–Trinajstić information content (AvgIpc) is 3.91. The first-order valence-corrected chi connectivity index (χ1v) is 26.0. The molecule has 5 N–H and O–H groups in total. The molecule has 21 heteroatoms. The van der Waals surface area contributed by atoms with Gasteiger partial charge in [-0.2, -0.15) is 0 Å². The van der Waals surface area contributed by atoms with E-state index in [9.17, 15) is 43.8 Å². The number of nitrogens with one attached hydrogen (secondary N) is 3. The van der Waals surface area contributed by atoms with Gasteiger partial charge in [0.25, 0.3) is 17.6 Å². The molecule has 1 aromatic carbocycles. The second-order valence-corrected chi connectivity index (χ2v) is 21.9. The standard InChI is InChI=1S/C55H78N6O15/c1-28(2)24-61-21-19-55(20-22-61)57-43-40-41-47(67)34(8)51-42(40)52(69)54(10,76-51)73-23-18-36(71-14)31(5)50(74-35(9)62)33(7)46(66)32(6)49(75-39(65)26-60(13)37(63)27-72-38(64)25-59(11)12)29(3)16-15-17-30(4)53(70)56-45(48(41)68)44(43)58-55/h15-18,23,28-29,31-33,36,43,46,49-50,57-58,66-67H,19-22,24-27H2,1-14H3,(H,56,70)/b16-15+,23-18+,30-17-/t29-,31+,32-,33+,36-,43?,46+,49-,50+,54-/m0/s1. The minimum absolute atomic E-state index is 0.0306. The van der Waals surface area contributed by atoms with E-state index in [0.29, 0.717) is 24.5 Å². The first-order valence-electron chi connectivity index (χ1n) is 26.0. The number of carbonyl (C=O) groups excluding carboxylic acids is 7. The summed E-state index contributed by atoms with van der Waals surface area (Å²) in [5.74, 6) is -9.81. The third-order valence-corrected chi connectivity index (χ3v) is 15.1. The molecular formula is C55H78N6O15. The largest absolute Gasteiger partial charge is 0.507 e. The van der Waals surface area contributed by atoms with E-state index in [4.69, 9.17) is 28.4 Å². The summed E-state index contributed by atoms with van der Waals surface area (Å²) in [4.78, 5) is 101. The smallest absolute Gasteiger partial charge is 0.325 e. The fourth-order valence-corrected chi connectivity index (χ4v) is 10.8. The molecule has 1 spiro atoms. The van der Waals surface area contributed by atoms with Crippen LogP contribution in [0.15, 0.2) is 47.5 Å².